The lowest BCUT2D eigenvalue weighted by molar-refractivity contribution is 0.265. The van der Waals surface area contributed by atoms with Crippen molar-refractivity contribution in [2.45, 2.75) is 58.8 Å². The van der Waals surface area contributed by atoms with Crippen molar-refractivity contribution in [3.8, 4) is 0 Å². The molecular formula is C20H34N6O2S. The van der Waals surface area contributed by atoms with Crippen molar-refractivity contribution in [2.75, 3.05) is 36.5 Å². The Morgan fingerprint density at radius 3 is 2.52 bits per heavy atom. The van der Waals surface area contributed by atoms with Gasteiger partial charge in [-0.25, -0.2) is 17.7 Å². The standard InChI is InChI=1S/C20H34N6O2S/c1-13(2)17-10-16-12-22-20(25-18(16)19(24-17)23-14(3)4)21-11-15-6-8-26(9-7-15)29(5,27)28/h10,12-15,20-21,25H,6-9,11H2,1-5H3,(H,23,24). The number of hydrogen-bond donors (Lipinski definition) is 3. The first-order valence-corrected chi connectivity index (χ1v) is 12.3. The number of rotatable bonds is 7. The first-order valence-electron chi connectivity index (χ1n) is 10.4. The van der Waals surface area contributed by atoms with E-state index in [1.54, 1.807) is 4.31 Å². The van der Waals surface area contributed by atoms with Gasteiger partial charge in [-0.1, -0.05) is 13.8 Å². The van der Waals surface area contributed by atoms with E-state index in [4.69, 9.17) is 4.98 Å². The summed E-state index contributed by atoms with van der Waals surface area (Å²) in [5, 5.41) is 10.4. The summed E-state index contributed by atoms with van der Waals surface area (Å²) in [6.07, 6.45) is 4.72. The molecule has 0 saturated carbocycles. The zero-order chi connectivity index (χ0) is 21.2. The van der Waals surface area contributed by atoms with E-state index >= 15 is 0 Å². The van der Waals surface area contributed by atoms with Crippen molar-refractivity contribution in [1.29, 1.82) is 0 Å². The molecule has 162 valence electrons. The average molecular weight is 423 g/mol. The van der Waals surface area contributed by atoms with Gasteiger partial charge < -0.3 is 10.6 Å². The third-order valence-corrected chi connectivity index (χ3v) is 6.68. The van der Waals surface area contributed by atoms with Crippen LogP contribution in [0, 0.1) is 5.92 Å². The molecule has 29 heavy (non-hydrogen) atoms. The van der Waals surface area contributed by atoms with Crippen LogP contribution in [0.25, 0.3) is 0 Å². The van der Waals surface area contributed by atoms with Crippen LogP contribution in [0.4, 0.5) is 11.5 Å². The molecule has 0 amide bonds. The van der Waals surface area contributed by atoms with Gasteiger partial charge in [0.05, 0.1) is 11.9 Å². The van der Waals surface area contributed by atoms with Gasteiger partial charge in [0, 0.05) is 43.1 Å². The fourth-order valence-corrected chi connectivity index (χ4v) is 4.54. The number of pyridine rings is 1. The van der Waals surface area contributed by atoms with Gasteiger partial charge in [0.25, 0.3) is 0 Å². The highest BCUT2D eigenvalue weighted by Crippen LogP contribution is 2.30. The van der Waals surface area contributed by atoms with Crippen LogP contribution < -0.4 is 16.0 Å². The molecule has 0 radical (unpaired) electrons. The van der Waals surface area contributed by atoms with Crippen molar-refractivity contribution in [3.63, 3.8) is 0 Å². The molecule has 1 aromatic rings. The Hall–Kier alpha value is -1.71. The Morgan fingerprint density at radius 1 is 1.24 bits per heavy atom. The van der Waals surface area contributed by atoms with Gasteiger partial charge in [-0.05, 0) is 44.6 Å². The van der Waals surface area contributed by atoms with E-state index in [2.05, 4.69) is 54.7 Å². The fraction of sp³-hybridized carbons (Fsp3) is 0.700. The molecule has 1 atom stereocenters. The van der Waals surface area contributed by atoms with Gasteiger partial charge in [0.1, 0.15) is 0 Å². The Kier molecular flexibility index (Phi) is 6.80. The van der Waals surface area contributed by atoms with Crippen LogP contribution in [-0.2, 0) is 10.0 Å². The summed E-state index contributed by atoms with van der Waals surface area (Å²) in [4.78, 5) is 9.44. The molecule has 1 fully saturated rings. The summed E-state index contributed by atoms with van der Waals surface area (Å²) in [7, 11) is -3.08. The number of sulfonamides is 1. The first kappa shape index (κ1) is 22.0. The Morgan fingerprint density at radius 2 is 1.93 bits per heavy atom. The molecule has 8 nitrogen and oxygen atoms in total. The summed E-state index contributed by atoms with van der Waals surface area (Å²) in [5.41, 5.74) is 3.07. The minimum Gasteiger partial charge on any atom is -0.366 e. The van der Waals surface area contributed by atoms with Gasteiger partial charge in [0.2, 0.25) is 10.0 Å². The molecular weight excluding hydrogens is 388 g/mol. The summed E-state index contributed by atoms with van der Waals surface area (Å²) in [6, 6.07) is 2.38. The van der Waals surface area contributed by atoms with E-state index in [9.17, 15) is 8.42 Å². The quantitative estimate of drug-likeness (QED) is 0.624. The Labute approximate surface area is 174 Å². The molecule has 2 aliphatic heterocycles. The highest BCUT2D eigenvalue weighted by atomic mass is 32.2. The van der Waals surface area contributed by atoms with Crippen molar-refractivity contribution < 1.29 is 8.42 Å². The molecule has 3 rings (SSSR count). The summed E-state index contributed by atoms with van der Waals surface area (Å²) >= 11 is 0. The maximum absolute atomic E-state index is 11.7. The average Bonchev–Trinajstić information content (AvgIpc) is 2.65. The van der Waals surface area contributed by atoms with Crippen LogP contribution in [0.3, 0.4) is 0 Å². The van der Waals surface area contributed by atoms with Gasteiger partial charge in [-0.3, -0.25) is 10.3 Å². The highest BCUT2D eigenvalue weighted by Gasteiger charge is 2.26. The number of nitrogens with one attached hydrogen (secondary N) is 3. The molecule has 3 heterocycles. The summed E-state index contributed by atoms with van der Waals surface area (Å²) in [5.74, 6) is 1.65. The second-order valence-corrected chi connectivity index (χ2v) is 10.6. The first-order chi connectivity index (χ1) is 13.6. The van der Waals surface area contributed by atoms with Gasteiger partial charge >= 0.3 is 0 Å². The van der Waals surface area contributed by atoms with E-state index < -0.39 is 10.0 Å². The van der Waals surface area contributed by atoms with E-state index in [0.717, 1.165) is 42.1 Å². The molecule has 0 aliphatic carbocycles. The second kappa shape index (κ2) is 8.97. The van der Waals surface area contributed by atoms with Crippen molar-refractivity contribution in [2.24, 2.45) is 10.9 Å². The molecule has 0 aromatic carbocycles. The number of hydrogen-bond acceptors (Lipinski definition) is 7. The monoisotopic (exact) mass is 422 g/mol. The topological polar surface area (TPSA) is 98.7 Å². The third kappa shape index (κ3) is 5.67. The number of aliphatic imine (C=N–C) groups is 1. The highest BCUT2D eigenvalue weighted by molar-refractivity contribution is 7.88. The van der Waals surface area contributed by atoms with Crippen LogP contribution in [0.1, 0.15) is 57.7 Å². The lowest BCUT2D eigenvalue weighted by Crippen LogP contribution is -2.44. The zero-order valence-corrected chi connectivity index (χ0v) is 18.9. The minimum absolute atomic E-state index is 0.213. The van der Waals surface area contributed by atoms with E-state index in [0.29, 0.717) is 24.9 Å². The van der Waals surface area contributed by atoms with Gasteiger partial charge in [0.15, 0.2) is 12.1 Å². The largest absolute Gasteiger partial charge is 0.366 e. The summed E-state index contributed by atoms with van der Waals surface area (Å²) < 4.78 is 24.9. The van der Waals surface area contributed by atoms with E-state index in [-0.39, 0.29) is 12.3 Å². The van der Waals surface area contributed by atoms with Crippen LogP contribution in [0.15, 0.2) is 11.1 Å². The molecule has 3 N–H and O–H groups in total. The van der Waals surface area contributed by atoms with E-state index in [1.807, 2.05) is 6.21 Å². The van der Waals surface area contributed by atoms with Crippen LogP contribution in [0.5, 0.6) is 0 Å². The summed E-state index contributed by atoms with van der Waals surface area (Å²) in [6.45, 7) is 10.5. The fourth-order valence-electron chi connectivity index (χ4n) is 3.67. The predicted octanol–water partition coefficient (Wildman–Crippen LogP) is 2.41. The third-order valence-electron chi connectivity index (χ3n) is 5.37. The smallest absolute Gasteiger partial charge is 0.211 e. The molecule has 1 unspecified atom stereocenters. The van der Waals surface area contributed by atoms with E-state index in [1.165, 1.54) is 6.26 Å². The zero-order valence-electron chi connectivity index (χ0n) is 18.1. The Balaban J connectivity index is 1.63. The van der Waals surface area contributed by atoms with Crippen molar-refractivity contribution >= 4 is 27.7 Å². The number of piperidine rings is 1. The molecule has 1 aromatic heterocycles. The normalized spacial score (nSPS) is 20.7. The maximum atomic E-state index is 11.7. The second-order valence-electron chi connectivity index (χ2n) is 8.65. The number of fused-ring (bicyclic) bond motifs is 1. The lowest BCUT2D eigenvalue weighted by Gasteiger charge is -2.32. The van der Waals surface area contributed by atoms with Crippen molar-refractivity contribution in [3.05, 3.63) is 17.3 Å². The lowest BCUT2D eigenvalue weighted by atomic mass is 9.98. The molecule has 2 aliphatic rings. The number of nitrogens with zero attached hydrogens (tertiary/aromatic N) is 3. The maximum Gasteiger partial charge on any atom is 0.211 e. The molecule has 0 spiro atoms. The van der Waals surface area contributed by atoms with Gasteiger partial charge in [-0.15, -0.1) is 0 Å². The van der Waals surface area contributed by atoms with Crippen molar-refractivity contribution in [1.82, 2.24) is 14.6 Å². The Bertz CT molecular complexity index is 845. The SMILES string of the molecule is CC(C)Nc1nc(C(C)C)cc2c1NC(NCC1CCN(S(C)(=O)=O)CC1)N=C2. The number of aromatic nitrogens is 1. The molecule has 1 saturated heterocycles. The van der Waals surface area contributed by atoms with Crippen LogP contribution >= 0.6 is 0 Å². The van der Waals surface area contributed by atoms with Crippen LogP contribution in [-0.4, -0.2) is 62.1 Å². The van der Waals surface area contributed by atoms with Gasteiger partial charge in [-0.2, -0.15) is 0 Å². The minimum atomic E-state index is -3.08. The van der Waals surface area contributed by atoms with Crippen LogP contribution in [0.2, 0.25) is 0 Å². The molecule has 0 bridgehead atoms. The predicted molar refractivity (Wildman–Crippen MR) is 119 cm³/mol. The molecule has 9 heteroatoms. The number of anilines is 2.